The molecular formula is C22H20BrN3O3. The minimum atomic E-state index is -0.614. The van der Waals surface area contributed by atoms with Crippen molar-refractivity contribution < 1.29 is 14.4 Å². The molecule has 0 fully saturated rings. The maximum Gasteiger partial charge on any atom is 0.365 e. The minimum Gasteiger partial charge on any atom is -0.488 e. The summed E-state index contributed by atoms with van der Waals surface area (Å²) < 4.78 is 6.64. The topological polar surface area (TPSA) is 99.9 Å². The summed E-state index contributed by atoms with van der Waals surface area (Å²) in [6.07, 6.45) is 0. The van der Waals surface area contributed by atoms with Gasteiger partial charge in [-0.1, -0.05) is 41.6 Å². The van der Waals surface area contributed by atoms with Crippen molar-refractivity contribution in [2.75, 3.05) is 5.73 Å². The summed E-state index contributed by atoms with van der Waals surface area (Å²) in [6.45, 7) is 2.13. The lowest BCUT2D eigenvalue weighted by atomic mass is 10.1. The highest BCUT2D eigenvalue weighted by molar-refractivity contribution is 9.10. The summed E-state index contributed by atoms with van der Waals surface area (Å²) in [5.74, 6) is 0.184. The molecule has 6 nitrogen and oxygen atoms in total. The van der Waals surface area contributed by atoms with Crippen molar-refractivity contribution in [2.45, 2.75) is 13.5 Å². The van der Waals surface area contributed by atoms with Crippen LogP contribution in [-0.2, 0) is 11.4 Å². The molecule has 3 aromatic rings. The van der Waals surface area contributed by atoms with Gasteiger partial charge in [-0.15, -0.1) is 0 Å². The fraction of sp³-hybridized carbons (Fsp3) is 0.0909. The number of nitrogens with zero attached hydrogens (tertiary/aromatic N) is 1. The van der Waals surface area contributed by atoms with Crippen LogP contribution in [0.1, 0.15) is 27.0 Å². The lowest BCUT2D eigenvalue weighted by Gasteiger charge is -2.09. The zero-order chi connectivity index (χ0) is 20.8. The number of hydrogen-bond donors (Lipinski definition) is 2. The van der Waals surface area contributed by atoms with Crippen molar-refractivity contribution >= 4 is 33.4 Å². The average Bonchev–Trinajstić information content (AvgIpc) is 2.73. The first-order valence-electron chi connectivity index (χ1n) is 8.82. The number of benzene rings is 3. The molecule has 7 heteroatoms. The predicted molar refractivity (Wildman–Crippen MR) is 117 cm³/mol. The molecular weight excluding hydrogens is 434 g/mol. The highest BCUT2D eigenvalue weighted by Crippen LogP contribution is 2.24. The monoisotopic (exact) mass is 453 g/mol. The van der Waals surface area contributed by atoms with Gasteiger partial charge in [-0.25, -0.2) is 4.79 Å². The number of carbonyl (C=O) groups excluding carboxylic acids is 1. The quantitative estimate of drug-likeness (QED) is 0.189. The van der Waals surface area contributed by atoms with Gasteiger partial charge < -0.3 is 21.0 Å². The van der Waals surface area contributed by atoms with E-state index in [1.54, 1.807) is 36.4 Å². The number of hydrogen-bond acceptors (Lipinski definition) is 5. The molecule has 29 heavy (non-hydrogen) atoms. The van der Waals surface area contributed by atoms with Crippen LogP contribution in [0.15, 0.2) is 76.4 Å². The van der Waals surface area contributed by atoms with E-state index in [1.165, 1.54) is 0 Å². The van der Waals surface area contributed by atoms with Gasteiger partial charge in [0.15, 0.2) is 5.84 Å². The van der Waals surface area contributed by atoms with Crippen molar-refractivity contribution in [3.05, 3.63) is 93.5 Å². The van der Waals surface area contributed by atoms with Crippen LogP contribution in [0.2, 0.25) is 0 Å². The molecule has 0 aromatic heterocycles. The molecule has 4 N–H and O–H groups in total. The van der Waals surface area contributed by atoms with E-state index in [4.69, 9.17) is 21.0 Å². The molecule has 148 valence electrons. The molecule has 0 radical (unpaired) electrons. The van der Waals surface area contributed by atoms with Crippen LogP contribution in [-0.4, -0.2) is 11.8 Å². The van der Waals surface area contributed by atoms with Crippen LogP contribution in [0, 0.1) is 6.92 Å². The summed E-state index contributed by atoms with van der Waals surface area (Å²) in [5.41, 5.74) is 15.0. The molecule has 3 rings (SSSR count). The number of halogens is 1. The van der Waals surface area contributed by atoms with E-state index in [2.05, 4.69) is 21.1 Å². The van der Waals surface area contributed by atoms with Crippen molar-refractivity contribution in [2.24, 2.45) is 10.9 Å². The Kier molecular flexibility index (Phi) is 6.51. The fourth-order valence-corrected chi connectivity index (χ4v) is 3.03. The Morgan fingerprint density at radius 1 is 1.07 bits per heavy atom. The molecule has 0 amide bonds. The highest BCUT2D eigenvalue weighted by atomic mass is 79.9. The van der Waals surface area contributed by atoms with E-state index in [-0.39, 0.29) is 5.84 Å². The maximum atomic E-state index is 12.4. The standard InChI is InChI=1S/C22H20BrN3O3/c1-14-17(8-5-10-19(14)24)21(25)26-29-22(27)16-7-4-6-15(12-16)13-28-20-11-3-2-9-18(20)23/h2-12H,13,24H2,1H3,(H2,25,26). The third-order valence-corrected chi connectivity index (χ3v) is 4.93. The van der Waals surface area contributed by atoms with Crippen molar-refractivity contribution in [3.8, 4) is 5.75 Å². The van der Waals surface area contributed by atoms with Gasteiger partial charge in [-0.05, 0) is 64.3 Å². The van der Waals surface area contributed by atoms with Gasteiger partial charge in [0.25, 0.3) is 0 Å². The molecule has 0 aliphatic carbocycles. The Bertz CT molecular complexity index is 1070. The summed E-state index contributed by atoms with van der Waals surface area (Å²) in [7, 11) is 0. The van der Waals surface area contributed by atoms with Crippen LogP contribution in [0.5, 0.6) is 5.75 Å². The fourth-order valence-electron chi connectivity index (χ4n) is 2.63. The second kappa shape index (κ2) is 9.25. The zero-order valence-electron chi connectivity index (χ0n) is 15.8. The van der Waals surface area contributed by atoms with Gasteiger partial charge in [0.05, 0.1) is 10.0 Å². The summed E-state index contributed by atoms with van der Waals surface area (Å²) >= 11 is 3.44. The maximum absolute atomic E-state index is 12.4. The Hall–Kier alpha value is -3.32. The molecule has 0 spiro atoms. The molecule has 0 saturated heterocycles. The number of anilines is 1. The number of amidine groups is 1. The van der Waals surface area contributed by atoms with E-state index in [0.717, 1.165) is 21.3 Å². The first-order valence-corrected chi connectivity index (χ1v) is 9.61. The Morgan fingerprint density at radius 3 is 2.62 bits per heavy atom. The molecule has 0 bridgehead atoms. The smallest absolute Gasteiger partial charge is 0.365 e. The summed E-state index contributed by atoms with van der Waals surface area (Å²) in [5, 5.41) is 3.76. The van der Waals surface area contributed by atoms with Gasteiger partial charge in [0.2, 0.25) is 0 Å². The lowest BCUT2D eigenvalue weighted by molar-refractivity contribution is 0.0516. The second-order valence-corrected chi connectivity index (χ2v) is 7.15. The van der Waals surface area contributed by atoms with Crippen molar-refractivity contribution in [3.63, 3.8) is 0 Å². The Morgan fingerprint density at radius 2 is 1.83 bits per heavy atom. The molecule has 0 aliphatic heterocycles. The molecule has 0 saturated carbocycles. The van der Waals surface area contributed by atoms with Gasteiger partial charge in [-0.3, -0.25) is 0 Å². The number of carbonyl (C=O) groups is 1. The third kappa shape index (κ3) is 5.14. The Labute approximate surface area is 177 Å². The molecule has 0 unspecified atom stereocenters. The highest BCUT2D eigenvalue weighted by Gasteiger charge is 2.11. The first kappa shape index (κ1) is 20.4. The minimum absolute atomic E-state index is 0.0802. The molecule has 0 aliphatic rings. The van der Waals surface area contributed by atoms with Crippen LogP contribution >= 0.6 is 15.9 Å². The molecule has 0 heterocycles. The number of rotatable bonds is 6. The van der Waals surface area contributed by atoms with Crippen LogP contribution in [0.3, 0.4) is 0 Å². The van der Waals surface area contributed by atoms with Crippen LogP contribution in [0.25, 0.3) is 0 Å². The first-order chi connectivity index (χ1) is 14.0. The van der Waals surface area contributed by atoms with E-state index in [1.807, 2.05) is 37.3 Å². The van der Waals surface area contributed by atoms with Crippen LogP contribution in [0.4, 0.5) is 5.69 Å². The summed E-state index contributed by atoms with van der Waals surface area (Å²) in [4.78, 5) is 17.4. The average molecular weight is 454 g/mol. The number of oxime groups is 1. The number of para-hydroxylation sites is 1. The van der Waals surface area contributed by atoms with E-state index >= 15 is 0 Å². The molecule has 0 atom stereocenters. The third-order valence-electron chi connectivity index (χ3n) is 4.27. The van der Waals surface area contributed by atoms with E-state index in [0.29, 0.717) is 23.4 Å². The molecule has 3 aromatic carbocycles. The van der Waals surface area contributed by atoms with Crippen molar-refractivity contribution in [1.29, 1.82) is 0 Å². The summed E-state index contributed by atoms with van der Waals surface area (Å²) in [6, 6.07) is 19.8. The van der Waals surface area contributed by atoms with Gasteiger partial charge in [0.1, 0.15) is 12.4 Å². The van der Waals surface area contributed by atoms with E-state index < -0.39 is 5.97 Å². The predicted octanol–water partition coefficient (Wildman–Crippen LogP) is 4.40. The van der Waals surface area contributed by atoms with Gasteiger partial charge in [0, 0.05) is 11.3 Å². The normalized spacial score (nSPS) is 11.2. The van der Waals surface area contributed by atoms with E-state index in [9.17, 15) is 4.79 Å². The van der Waals surface area contributed by atoms with Gasteiger partial charge >= 0.3 is 5.97 Å². The SMILES string of the molecule is Cc1c(N)cccc1/C(N)=N/OC(=O)c1cccc(COc2ccccc2Br)c1. The van der Waals surface area contributed by atoms with Crippen LogP contribution < -0.4 is 16.2 Å². The zero-order valence-corrected chi connectivity index (χ0v) is 17.3. The van der Waals surface area contributed by atoms with Crippen molar-refractivity contribution in [1.82, 2.24) is 0 Å². The number of ether oxygens (including phenoxy) is 1. The second-order valence-electron chi connectivity index (χ2n) is 6.29. The number of nitrogen functional groups attached to an aromatic ring is 1. The largest absolute Gasteiger partial charge is 0.488 e. The Balaban J connectivity index is 1.67. The lowest BCUT2D eigenvalue weighted by Crippen LogP contribution is -2.17. The van der Waals surface area contributed by atoms with Gasteiger partial charge in [-0.2, -0.15) is 0 Å². The number of nitrogens with two attached hydrogens (primary N) is 2.